The molecule has 0 spiro atoms. The van der Waals surface area contributed by atoms with Gasteiger partial charge in [-0.2, -0.15) is 0 Å². The lowest BCUT2D eigenvalue weighted by Gasteiger charge is -2.26. The zero-order valence-electron chi connectivity index (χ0n) is 31.8. The van der Waals surface area contributed by atoms with Crippen molar-refractivity contribution in [2.24, 2.45) is 0 Å². The summed E-state index contributed by atoms with van der Waals surface area (Å²) in [6.45, 7) is 0. The normalized spacial score (nSPS) is 11.4. The van der Waals surface area contributed by atoms with Crippen LogP contribution >= 0.6 is 0 Å². The molecule has 7 nitrogen and oxygen atoms in total. The van der Waals surface area contributed by atoms with E-state index in [1.165, 1.54) is 45.4 Å². The highest BCUT2D eigenvalue weighted by molar-refractivity contribution is 6.19. The lowest BCUT2D eigenvalue weighted by molar-refractivity contribution is 1.06. The van der Waals surface area contributed by atoms with Gasteiger partial charge in [-0.05, 0) is 131 Å². The maximum Gasteiger partial charge on any atom is 0.162 e. The van der Waals surface area contributed by atoms with Gasteiger partial charge in [-0.15, -0.1) is 0 Å². The van der Waals surface area contributed by atoms with E-state index in [0.717, 1.165) is 56.3 Å². The van der Waals surface area contributed by atoms with Crippen LogP contribution in [-0.4, -0.2) is 29.1 Å². The molecule has 7 aromatic carbocycles. The second-order valence-corrected chi connectivity index (χ2v) is 14.5. The summed E-state index contributed by atoms with van der Waals surface area (Å²) in [5.74, 6) is 0.642. The summed E-state index contributed by atoms with van der Waals surface area (Å²) in [4.78, 5) is 19.2. The number of benzene rings is 7. The van der Waals surface area contributed by atoms with Gasteiger partial charge in [0.1, 0.15) is 12.7 Å². The van der Waals surface area contributed by atoms with Crippen molar-refractivity contribution >= 4 is 49.8 Å². The predicted molar refractivity (Wildman–Crippen MR) is 240 cm³/mol. The zero-order valence-corrected chi connectivity index (χ0v) is 31.8. The highest BCUT2D eigenvalue weighted by Crippen LogP contribution is 2.41. The molecule has 0 atom stereocenters. The SMILES string of the molecule is c1ccc(-n2ccc3c2ccc2c4cc(-c5ccc(N(c6ccc(-c7ccncc7)cc6)c6ccc(-c7ncncn7)cc6)cc5)ccc4n(-c4ccccc4)c23)cc1. The first-order chi connectivity index (χ1) is 29.3. The summed E-state index contributed by atoms with van der Waals surface area (Å²) < 4.78 is 4.69. The van der Waals surface area contributed by atoms with Gasteiger partial charge in [-0.3, -0.25) is 4.98 Å². The molecule has 4 heterocycles. The van der Waals surface area contributed by atoms with E-state index in [9.17, 15) is 0 Å². The fraction of sp³-hybridized carbons (Fsp3) is 0. The van der Waals surface area contributed by atoms with Gasteiger partial charge in [-0.25, -0.2) is 15.0 Å². The molecule has 0 unspecified atom stereocenters. The van der Waals surface area contributed by atoms with Crippen LogP contribution in [0.3, 0.4) is 0 Å². The molecule has 0 saturated carbocycles. The van der Waals surface area contributed by atoms with Crippen molar-refractivity contribution < 1.29 is 0 Å². The maximum absolute atomic E-state index is 4.35. The Morgan fingerprint density at radius 3 is 1.58 bits per heavy atom. The fourth-order valence-electron chi connectivity index (χ4n) is 8.31. The van der Waals surface area contributed by atoms with E-state index >= 15 is 0 Å². The summed E-state index contributed by atoms with van der Waals surface area (Å²) in [5.41, 5.74) is 14.5. The Balaban J connectivity index is 1.00. The number of pyridine rings is 1. The van der Waals surface area contributed by atoms with E-state index < -0.39 is 0 Å². The van der Waals surface area contributed by atoms with Crippen molar-refractivity contribution in [2.75, 3.05) is 4.90 Å². The summed E-state index contributed by atoms with van der Waals surface area (Å²) in [5, 5.41) is 3.66. The van der Waals surface area contributed by atoms with Gasteiger partial charge < -0.3 is 14.0 Å². The fourth-order valence-corrected chi connectivity index (χ4v) is 8.31. The van der Waals surface area contributed by atoms with Gasteiger partial charge in [-0.1, -0.05) is 72.8 Å². The van der Waals surface area contributed by atoms with Gasteiger partial charge in [0.2, 0.25) is 0 Å². The van der Waals surface area contributed by atoms with Crippen molar-refractivity contribution in [3.8, 4) is 45.0 Å². The van der Waals surface area contributed by atoms with E-state index in [-0.39, 0.29) is 0 Å². The molecule has 59 heavy (non-hydrogen) atoms. The zero-order chi connectivity index (χ0) is 39.1. The molecule has 0 bridgehead atoms. The van der Waals surface area contributed by atoms with E-state index in [4.69, 9.17) is 0 Å². The number of rotatable bonds is 8. The van der Waals surface area contributed by atoms with Gasteiger partial charge in [0.15, 0.2) is 5.82 Å². The quantitative estimate of drug-likeness (QED) is 0.154. The molecule has 0 fully saturated rings. The van der Waals surface area contributed by atoms with Crippen LogP contribution in [0.1, 0.15) is 0 Å². The minimum atomic E-state index is 0.642. The molecule has 0 aliphatic rings. The predicted octanol–water partition coefficient (Wildman–Crippen LogP) is 12.8. The lowest BCUT2D eigenvalue weighted by atomic mass is 10.0. The van der Waals surface area contributed by atoms with Crippen molar-refractivity contribution in [2.45, 2.75) is 0 Å². The van der Waals surface area contributed by atoms with Crippen molar-refractivity contribution in [3.05, 3.63) is 213 Å². The van der Waals surface area contributed by atoms with Crippen LogP contribution in [0.2, 0.25) is 0 Å². The van der Waals surface area contributed by atoms with Crippen LogP contribution in [-0.2, 0) is 0 Å². The largest absolute Gasteiger partial charge is 0.316 e. The lowest BCUT2D eigenvalue weighted by Crippen LogP contribution is -2.09. The van der Waals surface area contributed by atoms with Crippen LogP contribution in [0.25, 0.3) is 77.7 Å². The van der Waals surface area contributed by atoms with Crippen LogP contribution in [0, 0.1) is 0 Å². The highest BCUT2D eigenvalue weighted by atomic mass is 15.1. The van der Waals surface area contributed by atoms with Crippen molar-refractivity contribution in [1.82, 2.24) is 29.1 Å². The average molecular weight is 758 g/mol. The first kappa shape index (κ1) is 34.1. The van der Waals surface area contributed by atoms with Crippen molar-refractivity contribution in [3.63, 3.8) is 0 Å². The van der Waals surface area contributed by atoms with Crippen LogP contribution < -0.4 is 4.90 Å². The first-order valence-electron chi connectivity index (χ1n) is 19.6. The molecule has 0 aliphatic carbocycles. The molecule has 7 heteroatoms. The first-order valence-corrected chi connectivity index (χ1v) is 19.6. The molecule has 0 amide bonds. The molecule has 278 valence electrons. The monoisotopic (exact) mass is 757 g/mol. The standard InChI is InChI=1S/C52H35N7/c1-3-7-41(8-4-1)57-32-29-47-49(57)26-24-46-48-33-40(17-25-50(48)59(51(46)47)42-9-5-2-6-10-42)37-13-20-44(21-14-37)58(43-18-11-36(12-19-43)38-27-30-53-31-28-38)45-22-15-39(16-23-45)52-55-34-54-35-56-52/h1-35H. The Labute approximate surface area is 340 Å². The van der Waals surface area contributed by atoms with Gasteiger partial charge >= 0.3 is 0 Å². The molecular formula is C52H35N7. The minimum absolute atomic E-state index is 0.642. The molecule has 0 radical (unpaired) electrons. The molecule has 11 rings (SSSR count). The van der Waals surface area contributed by atoms with Crippen LogP contribution in [0.5, 0.6) is 0 Å². The highest BCUT2D eigenvalue weighted by Gasteiger charge is 2.19. The van der Waals surface area contributed by atoms with Crippen LogP contribution in [0.4, 0.5) is 17.1 Å². The average Bonchev–Trinajstić information content (AvgIpc) is 3.90. The number of hydrogen-bond donors (Lipinski definition) is 0. The number of nitrogens with zero attached hydrogens (tertiary/aromatic N) is 7. The second-order valence-electron chi connectivity index (χ2n) is 14.5. The number of hydrogen-bond acceptors (Lipinski definition) is 5. The Hall–Kier alpha value is -8.16. The molecule has 11 aromatic rings. The van der Waals surface area contributed by atoms with E-state index in [1.54, 1.807) is 0 Å². The molecular weight excluding hydrogens is 723 g/mol. The van der Waals surface area contributed by atoms with Gasteiger partial charge in [0, 0.05) is 68.7 Å². The smallest absolute Gasteiger partial charge is 0.162 e. The third-order valence-electron chi connectivity index (χ3n) is 11.1. The second kappa shape index (κ2) is 14.4. The summed E-state index contributed by atoms with van der Waals surface area (Å²) in [7, 11) is 0. The third-order valence-corrected chi connectivity index (χ3v) is 11.1. The summed E-state index contributed by atoms with van der Waals surface area (Å²) in [6, 6.07) is 64.8. The summed E-state index contributed by atoms with van der Waals surface area (Å²) in [6.07, 6.45) is 8.88. The van der Waals surface area contributed by atoms with Crippen LogP contribution in [0.15, 0.2) is 213 Å². The Morgan fingerprint density at radius 2 is 0.932 bits per heavy atom. The molecule has 0 N–H and O–H groups in total. The summed E-state index contributed by atoms with van der Waals surface area (Å²) >= 11 is 0. The molecule has 4 aromatic heterocycles. The van der Waals surface area contributed by atoms with E-state index in [2.05, 4.69) is 210 Å². The van der Waals surface area contributed by atoms with Gasteiger partial charge in [0.05, 0.1) is 16.6 Å². The van der Waals surface area contributed by atoms with E-state index in [1.807, 2.05) is 24.5 Å². The minimum Gasteiger partial charge on any atom is -0.316 e. The number of aromatic nitrogens is 6. The van der Waals surface area contributed by atoms with Crippen molar-refractivity contribution in [1.29, 1.82) is 0 Å². The Bertz CT molecular complexity index is 3130. The Morgan fingerprint density at radius 1 is 0.390 bits per heavy atom. The van der Waals surface area contributed by atoms with E-state index in [0.29, 0.717) is 5.82 Å². The third kappa shape index (κ3) is 6.09. The topological polar surface area (TPSA) is 64.7 Å². The maximum atomic E-state index is 4.35. The number of para-hydroxylation sites is 2. The number of anilines is 3. The van der Waals surface area contributed by atoms with Gasteiger partial charge in [0.25, 0.3) is 0 Å². The number of fused-ring (bicyclic) bond motifs is 5. The Kier molecular flexibility index (Phi) is 8.33. The molecule has 0 aliphatic heterocycles. The molecule has 0 saturated heterocycles.